The van der Waals surface area contributed by atoms with Crippen LogP contribution in [0.2, 0.25) is 0 Å². The van der Waals surface area contributed by atoms with E-state index in [4.69, 9.17) is 5.73 Å². The van der Waals surface area contributed by atoms with Crippen LogP contribution in [0.4, 0.5) is 11.4 Å². The normalized spacial score (nSPS) is 23.5. The Morgan fingerprint density at radius 2 is 1.85 bits per heavy atom. The van der Waals surface area contributed by atoms with E-state index in [1.807, 2.05) is 0 Å². The molecule has 1 fully saturated rings. The van der Waals surface area contributed by atoms with Crippen LogP contribution in [0.5, 0.6) is 0 Å². The predicted molar refractivity (Wildman–Crippen MR) is 82.1 cm³/mol. The molecule has 1 aromatic rings. The zero-order valence-electron chi connectivity index (χ0n) is 12.0. The lowest BCUT2D eigenvalue weighted by molar-refractivity contribution is 0.361. The lowest BCUT2D eigenvalue weighted by Gasteiger charge is -2.28. The Morgan fingerprint density at radius 1 is 1.20 bits per heavy atom. The molecular weight excluding hydrogens is 274 g/mol. The lowest BCUT2D eigenvalue weighted by Crippen LogP contribution is -2.25. The van der Waals surface area contributed by atoms with Crippen LogP contribution in [-0.4, -0.2) is 21.5 Å². The molecule has 0 heterocycles. The molecule has 112 valence electrons. The van der Waals surface area contributed by atoms with Crippen molar-refractivity contribution in [2.45, 2.75) is 43.5 Å². The van der Waals surface area contributed by atoms with Crippen LogP contribution in [0, 0.1) is 5.92 Å². The molecule has 2 rings (SSSR count). The van der Waals surface area contributed by atoms with Gasteiger partial charge in [0.15, 0.2) is 0 Å². The summed E-state index contributed by atoms with van der Waals surface area (Å²) in [5.41, 5.74) is 7.25. The summed E-state index contributed by atoms with van der Waals surface area (Å²) in [4.78, 5) is 0.195. The van der Waals surface area contributed by atoms with Gasteiger partial charge in [0, 0.05) is 6.04 Å². The number of rotatable bonds is 4. The summed E-state index contributed by atoms with van der Waals surface area (Å²) < 4.78 is 25.7. The first-order valence-electron chi connectivity index (χ1n) is 7.02. The van der Waals surface area contributed by atoms with Gasteiger partial charge in [-0.25, -0.2) is 13.1 Å². The molecule has 1 aliphatic carbocycles. The summed E-state index contributed by atoms with van der Waals surface area (Å²) in [6.45, 7) is 2.28. The van der Waals surface area contributed by atoms with E-state index >= 15 is 0 Å². The molecule has 0 unspecified atom stereocenters. The fourth-order valence-electron chi connectivity index (χ4n) is 2.58. The minimum atomic E-state index is -3.44. The van der Waals surface area contributed by atoms with Crippen LogP contribution in [-0.2, 0) is 10.0 Å². The van der Waals surface area contributed by atoms with Crippen LogP contribution in [0.15, 0.2) is 23.1 Å². The highest BCUT2D eigenvalue weighted by molar-refractivity contribution is 7.89. The second kappa shape index (κ2) is 6.01. The van der Waals surface area contributed by atoms with Crippen LogP contribution in [0.25, 0.3) is 0 Å². The quantitative estimate of drug-likeness (QED) is 0.744. The number of hydrogen-bond acceptors (Lipinski definition) is 4. The van der Waals surface area contributed by atoms with Crippen molar-refractivity contribution in [1.82, 2.24) is 4.72 Å². The number of nitrogens with one attached hydrogen (secondary N) is 2. The van der Waals surface area contributed by atoms with Crippen molar-refractivity contribution in [3.8, 4) is 0 Å². The van der Waals surface area contributed by atoms with Crippen molar-refractivity contribution >= 4 is 21.4 Å². The number of sulfonamides is 1. The van der Waals surface area contributed by atoms with Crippen molar-refractivity contribution in [1.29, 1.82) is 0 Å². The topological polar surface area (TPSA) is 84.2 Å². The Morgan fingerprint density at radius 3 is 2.40 bits per heavy atom. The molecule has 6 heteroatoms. The molecule has 4 N–H and O–H groups in total. The van der Waals surface area contributed by atoms with E-state index in [2.05, 4.69) is 17.0 Å². The van der Waals surface area contributed by atoms with Gasteiger partial charge in [-0.2, -0.15) is 0 Å². The molecule has 0 aliphatic heterocycles. The standard InChI is InChI=1S/C14H23N3O2S/c1-10-3-5-11(6-4-10)17-14-8-7-12(9-13(14)15)20(18,19)16-2/h7-11,16-17H,3-6,15H2,1-2H3. The molecular formula is C14H23N3O2S. The number of benzene rings is 1. The van der Waals surface area contributed by atoms with Gasteiger partial charge in [-0.3, -0.25) is 0 Å². The fourth-order valence-corrected chi connectivity index (χ4v) is 3.35. The van der Waals surface area contributed by atoms with Crippen LogP contribution < -0.4 is 15.8 Å². The van der Waals surface area contributed by atoms with Gasteiger partial charge in [0.05, 0.1) is 16.3 Å². The van der Waals surface area contributed by atoms with Gasteiger partial charge < -0.3 is 11.1 Å². The van der Waals surface area contributed by atoms with Crippen molar-refractivity contribution in [2.75, 3.05) is 18.1 Å². The number of nitrogen functional groups attached to an aromatic ring is 1. The zero-order chi connectivity index (χ0) is 14.8. The van der Waals surface area contributed by atoms with Gasteiger partial charge in [-0.15, -0.1) is 0 Å². The van der Waals surface area contributed by atoms with Gasteiger partial charge >= 0.3 is 0 Å². The highest BCUT2D eigenvalue weighted by Crippen LogP contribution is 2.29. The van der Waals surface area contributed by atoms with Crippen LogP contribution >= 0.6 is 0 Å². The summed E-state index contributed by atoms with van der Waals surface area (Å²) in [6.07, 6.45) is 4.72. The van der Waals surface area contributed by atoms with E-state index in [0.717, 1.165) is 24.4 Å². The minimum Gasteiger partial charge on any atom is -0.397 e. The Bertz CT molecular complexity index is 564. The molecule has 0 bridgehead atoms. The van der Waals surface area contributed by atoms with Crippen molar-refractivity contribution in [3.63, 3.8) is 0 Å². The third-order valence-corrected chi connectivity index (χ3v) is 5.39. The maximum absolute atomic E-state index is 11.7. The molecule has 5 nitrogen and oxygen atoms in total. The molecule has 20 heavy (non-hydrogen) atoms. The number of anilines is 2. The van der Waals surface area contributed by atoms with Crippen LogP contribution in [0.1, 0.15) is 32.6 Å². The minimum absolute atomic E-state index is 0.195. The maximum Gasteiger partial charge on any atom is 0.240 e. The summed E-state index contributed by atoms with van der Waals surface area (Å²) in [6, 6.07) is 5.26. The summed E-state index contributed by atoms with van der Waals surface area (Å²) in [7, 11) is -2.05. The highest BCUT2D eigenvalue weighted by Gasteiger charge is 2.19. The smallest absolute Gasteiger partial charge is 0.240 e. The van der Waals surface area contributed by atoms with Gasteiger partial charge in [0.25, 0.3) is 0 Å². The lowest BCUT2D eigenvalue weighted by atomic mass is 9.87. The summed E-state index contributed by atoms with van der Waals surface area (Å²) >= 11 is 0. The van der Waals surface area contributed by atoms with E-state index in [1.165, 1.54) is 26.0 Å². The van der Waals surface area contributed by atoms with E-state index in [-0.39, 0.29) is 4.90 Å². The molecule has 0 aromatic heterocycles. The first-order chi connectivity index (χ1) is 9.42. The summed E-state index contributed by atoms with van der Waals surface area (Å²) in [5, 5.41) is 3.43. The Balaban J connectivity index is 2.10. The largest absolute Gasteiger partial charge is 0.397 e. The molecule has 0 radical (unpaired) electrons. The van der Waals surface area contributed by atoms with Gasteiger partial charge in [-0.05, 0) is 56.8 Å². The predicted octanol–water partition coefficient (Wildman–Crippen LogP) is 2.17. The second-order valence-electron chi connectivity index (χ2n) is 5.56. The van der Waals surface area contributed by atoms with Crippen molar-refractivity contribution in [2.24, 2.45) is 5.92 Å². The monoisotopic (exact) mass is 297 g/mol. The van der Waals surface area contributed by atoms with Crippen molar-refractivity contribution < 1.29 is 8.42 Å². The first-order valence-corrected chi connectivity index (χ1v) is 8.50. The Labute approximate surface area is 121 Å². The summed E-state index contributed by atoms with van der Waals surface area (Å²) in [5.74, 6) is 0.800. The van der Waals surface area contributed by atoms with E-state index in [9.17, 15) is 8.42 Å². The molecule has 0 amide bonds. The molecule has 0 saturated heterocycles. The molecule has 1 aliphatic rings. The van der Waals surface area contributed by atoms with E-state index in [0.29, 0.717) is 11.7 Å². The average molecular weight is 297 g/mol. The highest BCUT2D eigenvalue weighted by atomic mass is 32.2. The van der Waals surface area contributed by atoms with E-state index in [1.54, 1.807) is 12.1 Å². The Kier molecular flexibility index (Phi) is 4.55. The SMILES string of the molecule is CNS(=O)(=O)c1ccc(NC2CCC(C)CC2)c(N)c1. The van der Waals surface area contributed by atoms with Gasteiger partial charge in [-0.1, -0.05) is 6.92 Å². The molecule has 1 aromatic carbocycles. The Hall–Kier alpha value is -1.27. The average Bonchev–Trinajstić information content (AvgIpc) is 2.43. The van der Waals surface area contributed by atoms with Gasteiger partial charge in [0.1, 0.15) is 0 Å². The molecule has 0 spiro atoms. The van der Waals surface area contributed by atoms with Crippen molar-refractivity contribution in [3.05, 3.63) is 18.2 Å². The molecule has 1 saturated carbocycles. The fraction of sp³-hybridized carbons (Fsp3) is 0.571. The van der Waals surface area contributed by atoms with E-state index < -0.39 is 10.0 Å². The number of nitrogens with two attached hydrogens (primary N) is 1. The maximum atomic E-state index is 11.7. The first kappa shape index (κ1) is 15.1. The van der Waals surface area contributed by atoms with Crippen LogP contribution in [0.3, 0.4) is 0 Å². The molecule has 0 atom stereocenters. The second-order valence-corrected chi connectivity index (χ2v) is 7.44. The zero-order valence-corrected chi connectivity index (χ0v) is 12.8. The van der Waals surface area contributed by atoms with Gasteiger partial charge in [0.2, 0.25) is 10.0 Å². The third-order valence-electron chi connectivity index (χ3n) is 3.98. The third kappa shape index (κ3) is 3.43. The number of hydrogen-bond donors (Lipinski definition) is 3.